The molecule has 0 aromatic carbocycles. The third kappa shape index (κ3) is 5.39. The molecule has 1 aromatic heterocycles. The molecule has 5 nitrogen and oxygen atoms in total. The third-order valence-electron chi connectivity index (χ3n) is 2.99. The smallest absolute Gasteiger partial charge is 0.416 e. The maximum atomic E-state index is 12.1. The molecule has 0 aliphatic carbocycles. The maximum Gasteiger partial charge on any atom is 0.416 e. The number of rotatable bonds is 7. The first-order chi connectivity index (χ1) is 9.77. The van der Waals surface area contributed by atoms with E-state index in [0.717, 1.165) is 13.1 Å². The lowest BCUT2D eigenvalue weighted by Gasteiger charge is -2.16. The highest BCUT2D eigenvalue weighted by Crippen LogP contribution is 2.19. The van der Waals surface area contributed by atoms with Gasteiger partial charge in [0.2, 0.25) is 0 Å². The maximum absolute atomic E-state index is 12.1. The highest BCUT2D eigenvalue weighted by molar-refractivity contribution is 5.91. The van der Waals surface area contributed by atoms with Crippen molar-refractivity contribution in [2.75, 3.05) is 19.6 Å². The van der Waals surface area contributed by atoms with Gasteiger partial charge in [-0.3, -0.25) is 9.69 Å². The monoisotopic (exact) mass is 308 g/mol. The van der Waals surface area contributed by atoms with E-state index in [1.165, 1.54) is 6.07 Å². The number of halogens is 3. The van der Waals surface area contributed by atoms with E-state index in [1.807, 2.05) is 19.2 Å². The standard InChI is InChI=1S/C13H19F3N2O3/c1-3-18(4-2)8-9-5-6-10(21-9)12(20)17-7-11(19)13(14,15)16/h5-6,11,19H,3-4,7-8H2,1-2H3,(H,17,20). The number of furan rings is 1. The molecule has 0 saturated carbocycles. The lowest BCUT2D eigenvalue weighted by molar-refractivity contribution is -0.201. The fourth-order valence-corrected chi connectivity index (χ4v) is 1.64. The van der Waals surface area contributed by atoms with E-state index in [-0.39, 0.29) is 5.76 Å². The van der Waals surface area contributed by atoms with Crippen LogP contribution in [0.25, 0.3) is 0 Å². The molecular formula is C13H19F3N2O3. The van der Waals surface area contributed by atoms with Crippen LogP contribution < -0.4 is 5.32 Å². The predicted molar refractivity (Wildman–Crippen MR) is 69.7 cm³/mol. The van der Waals surface area contributed by atoms with Gasteiger partial charge in [0.25, 0.3) is 5.91 Å². The zero-order valence-electron chi connectivity index (χ0n) is 11.9. The number of alkyl halides is 3. The van der Waals surface area contributed by atoms with Crippen LogP contribution >= 0.6 is 0 Å². The summed E-state index contributed by atoms with van der Waals surface area (Å²) < 4.78 is 41.6. The minimum Gasteiger partial charge on any atom is -0.455 e. The van der Waals surface area contributed by atoms with Crippen LogP contribution in [-0.4, -0.2) is 47.8 Å². The Morgan fingerprint density at radius 1 is 1.38 bits per heavy atom. The first-order valence-corrected chi connectivity index (χ1v) is 6.62. The Balaban J connectivity index is 2.54. The third-order valence-corrected chi connectivity index (χ3v) is 2.99. The summed E-state index contributed by atoms with van der Waals surface area (Å²) in [7, 11) is 0. The largest absolute Gasteiger partial charge is 0.455 e. The van der Waals surface area contributed by atoms with E-state index in [0.29, 0.717) is 12.3 Å². The van der Waals surface area contributed by atoms with Gasteiger partial charge in [0.1, 0.15) is 5.76 Å². The van der Waals surface area contributed by atoms with Crippen LogP contribution in [0.1, 0.15) is 30.2 Å². The van der Waals surface area contributed by atoms with Gasteiger partial charge in [0.15, 0.2) is 11.9 Å². The number of carbonyl (C=O) groups is 1. The molecule has 1 rings (SSSR count). The van der Waals surface area contributed by atoms with Gasteiger partial charge < -0.3 is 14.8 Å². The number of hydrogen-bond acceptors (Lipinski definition) is 4. The van der Waals surface area contributed by atoms with Crippen LogP contribution in [0.3, 0.4) is 0 Å². The zero-order chi connectivity index (χ0) is 16.0. The molecule has 0 radical (unpaired) electrons. The summed E-state index contributed by atoms with van der Waals surface area (Å²) in [5, 5.41) is 10.8. The number of aliphatic hydroxyl groups excluding tert-OH is 1. The lowest BCUT2D eigenvalue weighted by atomic mass is 10.3. The van der Waals surface area contributed by atoms with Crippen LogP contribution in [0.4, 0.5) is 13.2 Å². The number of nitrogens with zero attached hydrogens (tertiary/aromatic N) is 1. The van der Waals surface area contributed by atoms with Crippen LogP contribution in [0, 0.1) is 0 Å². The molecule has 0 fully saturated rings. The van der Waals surface area contributed by atoms with Crippen molar-refractivity contribution in [2.24, 2.45) is 0 Å². The molecule has 1 atom stereocenters. The second kappa shape index (κ2) is 7.46. The average Bonchev–Trinajstić information content (AvgIpc) is 2.89. The number of aliphatic hydroxyl groups is 1. The van der Waals surface area contributed by atoms with E-state index in [2.05, 4.69) is 4.90 Å². The van der Waals surface area contributed by atoms with Gasteiger partial charge in [-0.25, -0.2) is 0 Å². The summed E-state index contributed by atoms with van der Waals surface area (Å²) >= 11 is 0. The molecule has 1 amide bonds. The Morgan fingerprint density at radius 2 is 2.00 bits per heavy atom. The molecule has 2 N–H and O–H groups in total. The zero-order valence-corrected chi connectivity index (χ0v) is 11.9. The Morgan fingerprint density at radius 3 is 2.52 bits per heavy atom. The van der Waals surface area contributed by atoms with E-state index < -0.39 is 24.7 Å². The highest BCUT2D eigenvalue weighted by atomic mass is 19.4. The van der Waals surface area contributed by atoms with Crippen molar-refractivity contribution in [3.63, 3.8) is 0 Å². The van der Waals surface area contributed by atoms with E-state index in [4.69, 9.17) is 9.52 Å². The Labute approximate surface area is 120 Å². The van der Waals surface area contributed by atoms with E-state index >= 15 is 0 Å². The quantitative estimate of drug-likeness (QED) is 0.806. The van der Waals surface area contributed by atoms with Crippen LogP contribution in [0.5, 0.6) is 0 Å². The molecule has 1 unspecified atom stereocenters. The summed E-state index contributed by atoms with van der Waals surface area (Å²) in [6, 6.07) is 3.00. The number of carbonyl (C=O) groups excluding carboxylic acids is 1. The molecule has 120 valence electrons. The Kier molecular flexibility index (Phi) is 6.22. The van der Waals surface area contributed by atoms with Crippen LogP contribution in [-0.2, 0) is 6.54 Å². The molecule has 0 spiro atoms. The minimum atomic E-state index is -4.76. The number of hydrogen-bond donors (Lipinski definition) is 2. The van der Waals surface area contributed by atoms with Crippen molar-refractivity contribution < 1.29 is 27.5 Å². The van der Waals surface area contributed by atoms with Gasteiger partial charge in [-0.1, -0.05) is 13.8 Å². The first-order valence-electron chi connectivity index (χ1n) is 6.62. The normalized spacial score (nSPS) is 13.5. The summed E-state index contributed by atoms with van der Waals surface area (Å²) in [4.78, 5) is 13.7. The fraction of sp³-hybridized carbons (Fsp3) is 0.615. The van der Waals surface area contributed by atoms with E-state index in [1.54, 1.807) is 6.07 Å². The van der Waals surface area contributed by atoms with Gasteiger partial charge in [-0.05, 0) is 25.2 Å². The summed E-state index contributed by atoms with van der Waals surface area (Å²) in [6.45, 7) is 5.21. The Bertz CT molecular complexity index is 456. The van der Waals surface area contributed by atoms with Gasteiger partial charge in [0.05, 0.1) is 13.1 Å². The van der Waals surface area contributed by atoms with Crippen molar-refractivity contribution in [3.8, 4) is 0 Å². The second-order valence-corrected chi connectivity index (χ2v) is 4.49. The highest BCUT2D eigenvalue weighted by Gasteiger charge is 2.38. The van der Waals surface area contributed by atoms with Gasteiger partial charge in [-0.2, -0.15) is 13.2 Å². The molecule has 0 bridgehead atoms. The molecular weight excluding hydrogens is 289 g/mol. The summed E-state index contributed by atoms with van der Waals surface area (Å²) in [5.74, 6) is -0.309. The minimum absolute atomic E-state index is 0.0773. The summed E-state index contributed by atoms with van der Waals surface area (Å²) in [5.41, 5.74) is 0. The predicted octanol–water partition coefficient (Wildman–Crippen LogP) is 1.77. The SMILES string of the molecule is CCN(CC)Cc1ccc(C(=O)NCC(O)C(F)(F)F)o1. The van der Waals surface area contributed by atoms with Crippen molar-refractivity contribution in [2.45, 2.75) is 32.7 Å². The molecule has 0 aliphatic rings. The molecule has 1 aromatic rings. The lowest BCUT2D eigenvalue weighted by Crippen LogP contribution is -2.40. The topological polar surface area (TPSA) is 65.7 Å². The molecule has 0 aliphatic heterocycles. The molecule has 8 heteroatoms. The van der Waals surface area contributed by atoms with Crippen molar-refractivity contribution in [1.29, 1.82) is 0 Å². The van der Waals surface area contributed by atoms with E-state index in [9.17, 15) is 18.0 Å². The van der Waals surface area contributed by atoms with Crippen molar-refractivity contribution in [1.82, 2.24) is 10.2 Å². The molecule has 1 heterocycles. The van der Waals surface area contributed by atoms with Crippen LogP contribution in [0.15, 0.2) is 16.5 Å². The van der Waals surface area contributed by atoms with Crippen LogP contribution in [0.2, 0.25) is 0 Å². The van der Waals surface area contributed by atoms with Gasteiger partial charge >= 0.3 is 6.18 Å². The second-order valence-electron chi connectivity index (χ2n) is 4.49. The molecule has 21 heavy (non-hydrogen) atoms. The number of amides is 1. The first kappa shape index (κ1) is 17.5. The van der Waals surface area contributed by atoms with Gasteiger partial charge in [0, 0.05) is 0 Å². The van der Waals surface area contributed by atoms with Crippen molar-refractivity contribution in [3.05, 3.63) is 23.7 Å². The fourth-order valence-electron chi connectivity index (χ4n) is 1.64. The van der Waals surface area contributed by atoms with Crippen molar-refractivity contribution >= 4 is 5.91 Å². The summed E-state index contributed by atoms with van der Waals surface area (Å²) in [6.07, 6.45) is -7.35. The van der Waals surface area contributed by atoms with Gasteiger partial charge in [-0.15, -0.1) is 0 Å². The Hall–Kier alpha value is -1.54. The number of nitrogens with one attached hydrogen (secondary N) is 1. The average molecular weight is 308 g/mol. The molecule has 0 saturated heterocycles.